The SMILES string of the molecule is CS(=O)(=O)C1SNn2c1nc1ccc(S(N)(=O)=O)cc12. The van der Waals surface area contributed by atoms with Crippen molar-refractivity contribution in [2.24, 2.45) is 5.14 Å². The van der Waals surface area contributed by atoms with Crippen LogP contribution in [0.15, 0.2) is 23.1 Å². The van der Waals surface area contributed by atoms with Gasteiger partial charge in [0.2, 0.25) is 10.0 Å². The molecule has 8 nitrogen and oxygen atoms in total. The summed E-state index contributed by atoms with van der Waals surface area (Å²) in [6, 6.07) is 4.19. The molecule has 0 bridgehead atoms. The average molecular weight is 334 g/mol. The molecule has 1 aliphatic heterocycles. The quantitative estimate of drug-likeness (QED) is 0.737. The molecule has 0 amide bonds. The van der Waals surface area contributed by atoms with Gasteiger partial charge in [-0.05, 0) is 30.1 Å². The van der Waals surface area contributed by atoms with E-state index >= 15 is 0 Å². The zero-order valence-corrected chi connectivity index (χ0v) is 12.6. The summed E-state index contributed by atoms with van der Waals surface area (Å²) >= 11 is 0.995. The Hall–Kier alpha value is -1.30. The van der Waals surface area contributed by atoms with Gasteiger partial charge in [0, 0.05) is 6.26 Å². The molecule has 0 spiro atoms. The Labute approximate surface area is 119 Å². The molecule has 20 heavy (non-hydrogen) atoms. The minimum atomic E-state index is -3.83. The number of nitrogens with zero attached hydrogens (tertiary/aromatic N) is 2. The maximum Gasteiger partial charge on any atom is 0.238 e. The van der Waals surface area contributed by atoms with E-state index in [1.807, 2.05) is 0 Å². The first-order valence-corrected chi connectivity index (χ1v) is 9.72. The second-order valence-electron chi connectivity index (χ2n) is 4.37. The first kappa shape index (κ1) is 13.7. The normalized spacial score (nSPS) is 19.0. The molecular formula is C9H10N4O4S3. The van der Waals surface area contributed by atoms with E-state index in [2.05, 4.69) is 9.82 Å². The molecule has 0 aliphatic carbocycles. The molecule has 2 heterocycles. The number of sulfone groups is 1. The van der Waals surface area contributed by atoms with Gasteiger partial charge in [-0.25, -0.2) is 31.6 Å². The summed E-state index contributed by atoms with van der Waals surface area (Å²) in [7, 11) is -7.15. The van der Waals surface area contributed by atoms with E-state index < -0.39 is 24.4 Å². The van der Waals surface area contributed by atoms with Crippen molar-refractivity contribution in [1.82, 2.24) is 9.66 Å². The number of hydrogen-bond donors (Lipinski definition) is 2. The standard InChI is InChI=1S/C9H10N4O4S3/c1-19(14,15)9-8-11-6-3-2-5(20(10,16)17)4-7(6)13(8)12-18-9/h2-4,9,12H,1H3,(H2,10,16,17). The maximum atomic E-state index is 11.7. The monoisotopic (exact) mass is 334 g/mol. The highest BCUT2D eigenvalue weighted by molar-refractivity contribution is 8.13. The molecule has 0 fully saturated rings. The molecule has 108 valence electrons. The highest BCUT2D eigenvalue weighted by Crippen LogP contribution is 2.39. The van der Waals surface area contributed by atoms with Crippen LogP contribution < -0.4 is 9.97 Å². The number of primary sulfonamides is 1. The molecule has 1 unspecified atom stereocenters. The van der Waals surface area contributed by atoms with Gasteiger partial charge in [-0.15, -0.1) is 0 Å². The number of aromatic nitrogens is 2. The van der Waals surface area contributed by atoms with Crippen LogP contribution in [0.3, 0.4) is 0 Å². The fourth-order valence-electron chi connectivity index (χ4n) is 1.94. The van der Waals surface area contributed by atoms with Crippen LogP contribution in [-0.4, -0.2) is 32.8 Å². The van der Waals surface area contributed by atoms with E-state index in [1.165, 1.54) is 22.9 Å². The summed E-state index contributed by atoms with van der Waals surface area (Å²) in [5.41, 5.74) is 0.957. The third kappa shape index (κ3) is 2.06. The fraction of sp³-hybridized carbons (Fsp3) is 0.222. The van der Waals surface area contributed by atoms with Crippen molar-refractivity contribution in [3.63, 3.8) is 0 Å². The average Bonchev–Trinajstić information content (AvgIpc) is 2.83. The number of sulfonamides is 1. The van der Waals surface area contributed by atoms with Crippen LogP contribution in [0.1, 0.15) is 10.4 Å². The number of nitrogens with two attached hydrogens (primary N) is 1. The summed E-state index contributed by atoms with van der Waals surface area (Å²) in [6.45, 7) is 0. The molecular weight excluding hydrogens is 324 g/mol. The van der Waals surface area contributed by atoms with Crippen molar-refractivity contribution >= 4 is 42.8 Å². The first-order chi connectivity index (χ1) is 9.18. The molecule has 1 aromatic heterocycles. The molecule has 0 saturated heterocycles. The zero-order chi connectivity index (χ0) is 14.7. The van der Waals surface area contributed by atoms with Gasteiger partial charge in [-0.3, -0.25) is 4.83 Å². The van der Waals surface area contributed by atoms with Crippen molar-refractivity contribution in [3.8, 4) is 0 Å². The molecule has 0 radical (unpaired) electrons. The minimum absolute atomic E-state index is 0.0534. The van der Waals surface area contributed by atoms with Gasteiger partial charge in [-0.2, -0.15) is 0 Å². The number of fused-ring (bicyclic) bond motifs is 3. The molecule has 1 atom stereocenters. The predicted molar refractivity (Wildman–Crippen MR) is 75.6 cm³/mol. The van der Waals surface area contributed by atoms with Gasteiger partial charge in [0.25, 0.3) is 0 Å². The highest BCUT2D eigenvalue weighted by atomic mass is 32.3. The van der Waals surface area contributed by atoms with Gasteiger partial charge in [0.05, 0.1) is 15.9 Å². The van der Waals surface area contributed by atoms with Crippen LogP contribution >= 0.6 is 11.9 Å². The lowest BCUT2D eigenvalue weighted by atomic mass is 10.3. The zero-order valence-electron chi connectivity index (χ0n) is 10.1. The summed E-state index contributed by atoms with van der Waals surface area (Å²) in [5, 5.41) is 5.08. The third-order valence-electron chi connectivity index (χ3n) is 2.83. The Morgan fingerprint density at radius 3 is 2.65 bits per heavy atom. The molecule has 11 heteroatoms. The summed E-state index contributed by atoms with van der Waals surface area (Å²) < 4.78 is 46.7. The van der Waals surface area contributed by atoms with Crippen LogP contribution in [0.5, 0.6) is 0 Å². The van der Waals surface area contributed by atoms with Crippen molar-refractivity contribution in [3.05, 3.63) is 24.0 Å². The van der Waals surface area contributed by atoms with Crippen molar-refractivity contribution < 1.29 is 16.8 Å². The second kappa shape index (κ2) is 4.10. The molecule has 0 saturated carbocycles. The molecule has 1 aromatic carbocycles. The summed E-state index contributed by atoms with van der Waals surface area (Å²) in [4.78, 5) is 6.99. The van der Waals surface area contributed by atoms with Gasteiger partial charge in [0.1, 0.15) is 0 Å². The van der Waals surface area contributed by atoms with E-state index in [-0.39, 0.29) is 4.90 Å². The van der Waals surface area contributed by atoms with Gasteiger partial charge >= 0.3 is 0 Å². The third-order valence-corrected chi connectivity index (χ3v) is 6.78. The van der Waals surface area contributed by atoms with E-state index in [0.29, 0.717) is 16.9 Å². The van der Waals surface area contributed by atoms with Crippen molar-refractivity contribution in [1.29, 1.82) is 0 Å². The Morgan fingerprint density at radius 2 is 2.05 bits per heavy atom. The summed E-state index contributed by atoms with van der Waals surface area (Å²) in [6.07, 6.45) is 1.12. The van der Waals surface area contributed by atoms with E-state index in [1.54, 1.807) is 0 Å². The maximum absolute atomic E-state index is 11.7. The number of benzene rings is 1. The van der Waals surface area contributed by atoms with Gasteiger partial charge < -0.3 is 0 Å². The van der Waals surface area contributed by atoms with Crippen molar-refractivity contribution in [2.45, 2.75) is 9.48 Å². The summed E-state index contributed by atoms with van der Waals surface area (Å²) in [5.74, 6) is 0.319. The van der Waals surface area contributed by atoms with Crippen LogP contribution in [0, 0.1) is 0 Å². The molecule has 3 N–H and O–H groups in total. The molecule has 3 rings (SSSR count). The van der Waals surface area contributed by atoms with Crippen molar-refractivity contribution in [2.75, 3.05) is 11.1 Å². The van der Waals surface area contributed by atoms with Crippen LogP contribution in [0.2, 0.25) is 0 Å². The number of nitrogens with one attached hydrogen (secondary N) is 1. The predicted octanol–water partition coefficient (Wildman–Crippen LogP) is -0.0678. The Kier molecular flexibility index (Phi) is 2.80. The number of hydrogen-bond acceptors (Lipinski definition) is 7. The Balaban J connectivity index is 2.26. The first-order valence-electron chi connectivity index (χ1n) is 5.34. The Bertz CT molecular complexity index is 916. The highest BCUT2D eigenvalue weighted by Gasteiger charge is 2.35. The van der Waals surface area contributed by atoms with E-state index in [0.717, 1.165) is 18.2 Å². The lowest BCUT2D eigenvalue weighted by Gasteiger charge is -2.02. The topological polar surface area (TPSA) is 124 Å². The fourth-order valence-corrected chi connectivity index (χ4v) is 4.50. The minimum Gasteiger partial charge on any atom is -0.264 e. The van der Waals surface area contributed by atoms with Gasteiger partial charge in [0.15, 0.2) is 20.2 Å². The van der Waals surface area contributed by atoms with E-state index in [4.69, 9.17) is 5.14 Å². The number of rotatable bonds is 2. The molecule has 1 aliphatic rings. The lowest BCUT2D eigenvalue weighted by molar-refractivity contribution is 0.596. The van der Waals surface area contributed by atoms with Crippen LogP contribution in [-0.2, 0) is 19.9 Å². The lowest BCUT2D eigenvalue weighted by Crippen LogP contribution is -2.12. The van der Waals surface area contributed by atoms with Crippen LogP contribution in [0.25, 0.3) is 11.0 Å². The smallest absolute Gasteiger partial charge is 0.238 e. The second-order valence-corrected chi connectivity index (χ2v) is 9.25. The van der Waals surface area contributed by atoms with Crippen LogP contribution in [0.4, 0.5) is 0 Å². The largest absolute Gasteiger partial charge is 0.264 e. The Morgan fingerprint density at radius 1 is 1.35 bits per heavy atom. The molecule has 2 aromatic rings. The van der Waals surface area contributed by atoms with Gasteiger partial charge in [-0.1, -0.05) is 0 Å². The van der Waals surface area contributed by atoms with E-state index in [9.17, 15) is 16.8 Å². The number of imidazole rings is 1.